The Kier molecular flexibility index (Phi) is 4.71. The summed E-state index contributed by atoms with van der Waals surface area (Å²) < 4.78 is 0. The van der Waals surface area contributed by atoms with Crippen LogP contribution in [0.1, 0.15) is 19.4 Å². The Balaban J connectivity index is 1.66. The van der Waals surface area contributed by atoms with Crippen LogP contribution < -0.4 is 0 Å². The molecule has 4 rings (SSSR count). The first kappa shape index (κ1) is 17.4. The van der Waals surface area contributed by atoms with Gasteiger partial charge in [-0.1, -0.05) is 54.6 Å². The summed E-state index contributed by atoms with van der Waals surface area (Å²) in [6.07, 6.45) is 4.36. The molecule has 2 aliphatic rings. The molecule has 2 heterocycles. The fourth-order valence-electron chi connectivity index (χ4n) is 3.66. The first-order chi connectivity index (χ1) is 13.1. The number of benzene rings is 2. The van der Waals surface area contributed by atoms with E-state index >= 15 is 0 Å². The van der Waals surface area contributed by atoms with Gasteiger partial charge in [0.2, 0.25) is 0 Å². The van der Waals surface area contributed by atoms with Gasteiger partial charge < -0.3 is 14.9 Å². The van der Waals surface area contributed by atoms with E-state index in [-0.39, 0.29) is 5.76 Å². The van der Waals surface area contributed by atoms with E-state index in [0.29, 0.717) is 6.04 Å². The minimum absolute atomic E-state index is 0.237. The number of hydrogen-bond acceptors (Lipinski definition) is 4. The average Bonchev–Trinajstić information content (AvgIpc) is 2.71. The van der Waals surface area contributed by atoms with Crippen molar-refractivity contribution in [3.63, 3.8) is 0 Å². The molecule has 2 aliphatic heterocycles. The topological polar surface area (TPSA) is 39.1 Å². The molecule has 0 fully saturated rings. The highest BCUT2D eigenvalue weighted by Crippen LogP contribution is 2.28. The number of fused-ring (bicyclic) bond motifs is 1. The third-order valence-corrected chi connectivity index (χ3v) is 5.18. The molecular weight excluding hydrogens is 334 g/mol. The third-order valence-electron chi connectivity index (χ3n) is 5.18. The first-order valence-electron chi connectivity index (χ1n) is 9.48. The van der Waals surface area contributed by atoms with Crippen LogP contribution in [0.25, 0.3) is 11.1 Å². The predicted molar refractivity (Wildman–Crippen MR) is 110 cm³/mol. The van der Waals surface area contributed by atoms with Gasteiger partial charge in [-0.05, 0) is 30.5 Å². The van der Waals surface area contributed by atoms with Crippen molar-refractivity contribution in [2.75, 3.05) is 13.1 Å². The van der Waals surface area contributed by atoms with Gasteiger partial charge >= 0.3 is 0 Å². The van der Waals surface area contributed by atoms with E-state index in [4.69, 9.17) is 0 Å². The van der Waals surface area contributed by atoms with E-state index in [1.807, 2.05) is 6.07 Å². The van der Waals surface area contributed by atoms with E-state index in [1.165, 1.54) is 16.7 Å². The van der Waals surface area contributed by atoms with Gasteiger partial charge in [-0.15, -0.1) is 0 Å². The number of rotatable bonds is 4. The van der Waals surface area contributed by atoms with E-state index in [9.17, 15) is 5.11 Å². The van der Waals surface area contributed by atoms with Crippen molar-refractivity contribution in [3.8, 4) is 11.1 Å². The maximum absolute atomic E-state index is 10.3. The van der Waals surface area contributed by atoms with Crippen LogP contribution in [0.3, 0.4) is 0 Å². The first-order valence-corrected chi connectivity index (χ1v) is 9.48. The number of nitrogens with zero attached hydrogens (tertiary/aromatic N) is 3. The van der Waals surface area contributed by atoms with Crippen LogP contribution >= 0.6 is 0 Å². The van der Waals surface area contributed by atoms with Gasteiger partial charge in [0.15, 0.2) is 5.76 Å². The molecule has 0 spiro atoms. The van der Waals surface area contributed by atoms with Crippen molar-refractivity contribution in [1.82, 2.24) is 9.80 Å². The van der Waals surface area contributed by atoms with Crippen molar-refractivity contribution in [2.24, 2.45) is 4.99 Å². The highest BCUT2D eigenvalue weighted by atomic mass is 16.3. The molecule has 2 aromatic rings. The lowest BCUT2D eigenvalue weighted by molar-refractivity contribution is 0.242. The second kappa shape index (κ2) is 7.31. The average molecular weight is 359 g/mol. The summed E-state index contributed by atoms with van der Waals surface area (Å²) in [5.41, 5.74) is 4.52. The van der Waals surface area contributed by atoms with E-state index < -0.39 is 0 Å². The number of aliphatic hydroxyl groups excluding tert-OH is 1. The molecule has 4 nitrogen and oxygen atoms in total. The van der Waals surface area contributed by atoms with Gasteiger partial charge in [0.25, 0.3) is 0 Å². The Labute approximate surface area is 160 Å². The lowest BCUT2D eigenvalue weighted by atomic mass is 9.97. The van der Waals surface area contributed by atoms with Gasteiger partial charge in [0.1, 0.15) is 11.5 Å². The van der Waals surface area contributed by atoms with Crippen molar-refractivity contribution in [2.45, 2.75) is 26.3 Å². The fourth-order valence-corrected chi connectivity index (χ4v) is 3.66. The smallest absolute Gasteiger partial charge is 0.159 e. The van der Waals surface area contributed by atoms with Crippen LogP contribution in [0.5, 0.6) is 0 Å². The lowest BCUT2D eigenvalue weighted by Crippen LogP contribution is -2.45. The Bertz CT molecular complexity index is 912. The maximum atomic E-state index is 10.3. The Morgan fingerprint density at radius 1 is 1.00 bits per heavy atom. The molecule has 27 heavy (non-hydrogen) atoms. The van der Waals surface area contributed by atoms with Crippen LogP contribution in [0.15, 0.2) is 83.4 Å². The maximum Gasteiger partial charge on any atom is 0.159 e. The Morgan fingerprint density at radius 3 is 2.52 bits per heavy atom. The van der Waals surface area contributed by atoms with E-state index in [0.717, 1.165) is 31.0 Å². The van der Waals surface area contributed by atoms with Crippen LogP contribution in [-0.4, -0.2) is 39.9 Å². The number of aliphatic hydroxyl groups is 1. The normalized spacial score (nSPS) is 16.6. The molecule has 1 N–H and O–H groups in total. The minimum atomic E-state index is 0.237. The van der Waals surface area contributed by atoms with Crippen LogP contribution in [0, 0.1) is 0 Å². The van der Waals surface area contributed by atoms with E-state index in [1.54, 1.807) is 6.20 Å². The van der Waals surface area contributed by atoms with E-state index in [2.05, 4.69) is 83.4 Å². The molecule has 138 valence electrons. The Morgan fingerprint density at radius 2 is 1.74 bits per heavy atom. The minimum Gasteiger partial charge on any atom is -0.504 e. The summed E-state index contributed by atoms with van der Waals surface area (Å²) in [6, 6.07) is 19.3. The zero-order valence-electron chi connectivity index (χ0n) is 15.8. The molecule has 0 amide bonds. The van der Waals surface area contributed by atoms with Crippen LogP contribution in [0.2, 0.25) is 0 Å². The number of aliphatic imine (C=N–C) groups is 1. The summed E-state index contributed by atoms with van der Waals surface area (Å²) in [7, 11) is 0. The Hall–Kier alpha value is -3.01. The zero-order valence-corrected chi connectivity index (χ0v) is 15.8. The molecular formula is C23H25N3O. The highest BCUT2D eigenvalue weighted by Gasteiger charge is 2.28. The molecule has 0 bridgehead atoms. The lowest BCUT2D eigenvalue weighted by Gasteiger charge is -2.39. The summed E-state index contributed by atoms with van der Waals surface area (Å²) >= 11 is 0. The van der Waals surface area contributed by atoms with Gasteiger partial charge in [-0.2, -0.15) is 0 Å². The van der Waals surface area contributed by atoms with Gasteiger partial charge in [-0.25, -0.2) is 4.99 Å². The molecule has 4 heteroatoms. The van der Waals surface area contributed by atoms with Gasteiger partial charge in [-0.3, -0.25) is 0 Å². The molecule has 0 unspecified atom stereocenters. The van der Waals surface area contributed by atoms with Crippen molar-refractivity contribution >= 4 is 5.84 Å². The largest absolute Gasteiger partial charge is 0.504 e. The zero-order chi connectivity index (χ0) is 18.8. The van der Waals surface area contributed by atoms with Crippen molar-refractivity contribution < 1.29 is 5.11 Å². The van der Waals surface area contributed by atoms with Gasteiger partial charge in [0, 0.05) is 31.8 Å². The fraction of sp³-hybridized carbons (Fsp3) is 0.261. The summed E-state index contributed by atoms with van der Waals surface area (Å²) in [4.78, 5) is 8.98. The number of amidine groups is 1. The van der Waals surface area contributed by atoms with Crippen molar-refractivity contribution in [3.05, 3.63) is 84.0 Å². The summed E-state index contributed by atoms with van der Waals surface area (Å²) in [6.45, 7) is 6.09. The molecule has 0 aromatic heterocycles. The second-order valence-corrected chi connectivity index (χ2v) is 7.26. The van der Waals surface area contributed by atoms with Crippen LogP contribution in [-0.2, 0) is 6.42 Å². The highest BCUT2D eigenvalue weighted by molar-refractivity contribution is 5.90. The molecule has 0 radical (unpaired) electrons. The molecule has 0 saturated heterocycles. The predicted octanol–water partition coefficient (Wildman–Crippen LogP) is 4.58. The molecule has 0 aliphatic carbocycles. The second-order valence-electron chi connectivity index (χ2n) is 7.26. The quantitative estimate of drug-likeness (QED) is 0.869. The van der Waals surface area contributed by atoms with Crippen molar-refractivity contribution in [1.29, 1.82) is 0 Å². The number of hydrogen-bond donors (Lipinski definition) is 1. The van der Waals surface area contributed by atoms with Gasteiger partial charge in [0.05, 0.1) is 6.20 Å². The van der Waals surface area contributed by atoms with Crippen LogP contribution in [0.4, 0.5) is 0 Å². The summed E-state index contributed by atoms with van der Waals surface area (Å²) in [5, 5.41) is 10.3. The molecule has 0 saturated carbocycles. The monoisotopic (exact) mass is 359 g/mol. The SMILES string of the molecule is CC(C)N1C=C2C(O)=CN=C(Cc3ccccc3-c3ccccc3)N2CC1. The molecule has 2 aromatic carbocycles. The third kappa shape index (κ3) is 3.47. The standard InChI is InChI=1S/C23H25N3O/c1-17(2)25-12-13-26-21(16-25)22(27)15-24-23(26)14-19-10-6-7-11-20(19)18-8-4-3-5-9-18/h3-11,15-17,27H,12-14H2,1-2H3. The molecule has 0 atom stereocenters. The summed E-state index contributed by atoms with van der Waals surface area (Å²) in [5.74, 6) is 1.21.